The van der Waals surface area contributed by atoms with Crippen molar-refractivity contribution in [2.45, 2.75) is 143 Å². The lowest BCUT2D eigenvalue weighted by atomic mass is 10.0. The number of aryl methyl sites for hydroxylation is 2. The zero-order chi connectivity index (χ0) is 20.3. The highest BCUT2D eigenvalue weighted by Crippen LogP contribution is 2.13. The van der Waals surface area contributed by atoms with Crippen molar-refractivity contribution in [2.24, 2.45) is 5.92 Å². The molecule has 0 fully saturated rings. The lowest BCUT2D eigenvalue weighted by Crippen LogP contribution is -2.36. The molecule has 0 unspecified atom stereocenters. The molecule has 0 aliphatic heterocycles. The van der Waals surface area contributed by atoms with Gasteiger partial charge in [-0.3, -0.25) is 0 Å². The van der Waals surface area contributed by atoms with E-state index in [9.17, 15) is 0 Å². The molecule has 0 aliphatic carbocycles. The van der Waals surface area contributed by atoms with E-state index < -0.39 is 0 Å². The van der Waals surface area contributed by atoms with Gasteiger partial charge in [-0.05, 0) is 25.2 Å². The normalized spacial score (nSPS) is 11.6. The number of aromatic nitrogens is 2. The molecule has 1 aromatic rings. The zero-order valence-corrected chi connectivity index (χ0v) is 19.6. The van der Waals surface area contributed by atoms with Crippen molar-refractivity contribution in [3.8, 4) is 0 Å². The van der Waals surface area contributed by atoms with E-state index in [-0.39, 0.29) is 0 Å². The number of rotatable bonds is 20. The first-order valence-electron chi connectivity index (χ1n) is 12.8. The molecule has 0 spiro atoms. The van der Waals surface area contributed by atoms with Crippen LogP contribution in [0.25, 0.3) is 0 Å². The largest absolute Gasteiger partial charge is 0.254 e. The minimum Gasteiger partial charge on any atom is -0.248 e. The number of nitrogens with one attached hydrogen (secondary N) is 1. The second-order valence-corrected chi connectivity index (χ2v) is 9.34. The Morgan fingerprint density at radius 3 is 1.86 bits per heavy atom. The standard InChI is InChI=1S/C26H50N2/c1-4-5-6-7-8-9-10-13-16-19-23-28-24-22-27-26(28)21-18-15-12-11-14-17-20-25(2)3/h22,24-25H,4-21,23H2,1-3H3/p+1. The number of nitrogens with zero attached hydrogens (tertiary/aromatic N) is 1. The van der Waals surface area contributed by atoms with Crippen LogP contribution in [0.5, 0.6) is 0 Å². The van der Waals surface area contributed by atoms with Crippen molar-refractivity contribution in [3.05, 3.63) is 18.2 Å². The summed E-state index contributed by atoms with van der Waals surface area (Å²) in [4.78, 5) is 3.48. The monoisotopic (exact) mass is 391 g/mol. The van der Waals surface area contributed by atoms with E-state index in [2.05, 4.69) is 42.7 Å². The zero-order valence-electron chi connectivity index (χ0n) is 19.6. The van der Waals surface area contributed by atoms with Crippen LogP contribution in [-0.2, 0) is 13.0 Å². The van der Waals surface area contributed by atoms with E-state index in [0.717, 1.165) is 5.92 Å². The minimum atomic E-state index is 0.874. The van der Waals surface area contributed by atoms with Gasteiger partial charge in [0.1, 0.15) is 12.4 Å². The molecule has 0 amide bonds. The van der Waals surface area contributed by atoms with Crippen LogP contribution < -0.4 is 4.57 Å². The van der Waals surface area contributed by atoms with Crippen molar-refractivity contribution in [1.29, 1.82) is 0 Å². The lowest BCUT2D eigenvalue weighted by Gasteiger charge is -2.04. The third-order valence-corrected chi connectivity index (χ3v) is 6.05. The molecule has 0 atom stereocenters. The van der Waals surface area contributed by atoms with Gasteiger partial charge >= 0.3 is 0 Å². The second kappa shape index (κ2) is 18.3. The maximum atomic E-state index is 3.48. The highest BCUT2D eigenvalue weighted by atomic mass is 15.1. The summed E-state index contributed by atoms with van der Waals surface area (Å²) in [6.45, 7) is 8.16. The van der Waals surface area contributed by atoms with Gasteiger partial charge in [0.2, 0.25) is 0 Å². The van der Waals surface area contributed by atoms with Crippen LogP contribution >= 0.6 is 0 Å². The van der Waals surface area contributed by atoms with Crippen LogP contribution in [0.1, 0.15) is 136 Å². The van der Waals surface area contributed by atoms with Crippen LogP contribution in [0, 0.1) is 5.92 Å². The molecule has 2 nitrogen and oxygen atoms in total. The molecule has 1 rings (SSSR count). The summed E-state index contributed by atoms with van der Waals surface area (Å²) in [5.41, 5.74) is 0. The Bertz CT molecular complexity index is 435. The van der Waals surface area contributed by atoms with Crippen molar-refractivity contribution < 1.29 is 4.57 Å². The molecule has 164 valence electrons. The molecule has 0 aliphatic rings. The first-order chi connectivity index (χ1) is 13.7. The molecule has 0 radical (unpaired) electrons. The fraction of sp³-hybridized carbons (Fsp3) is 0.885. The highest BCUT2D eigenvalue weighted by molar-refractivity contribution is 4.77. The molecule has 1 aromatic heterocycles. The van der Waals surface area contributed by atoms with Gasteiger partial charge in [0.15, 0.2) is 0 Å². The molecule has 0 bridgehead atoms. The topological polar surface area (TPSA) is 19.7 Å². The average molecular weight is 392 g/mol. The Morgan fingerprint density at radius 2 is 1.25 bits per heavy atom. The fourth-order valence-corrected chi connectivity index (χ4v) is 4.14. The quantitative estimate of drug-likeness (QED) is 0.171. The smallest absolute Gasteiger partial charge is 0.248 e. The van der Waals surface area contributed by atoms with Crippen LogP contribution in [0.2, 0.25) is 0 Å². The van der Waals surface area contributed by atoms with Gasteiger partial charge in [0.25, 0.3) is 5.82 Å². The molecule has 28 heavy (non-hydrogen) atoms. The van der Waals surface area contributed by atoms with Crippen LogP contribution in [-0.4, -0.2) is 4.98 Å². The van der Waals surface area contributed by atoms with Crippen molar-refractivity contribution in [1.82, 2.24) is 4.98 Å². The number of imidazole rings is 1. The van der Waals surface area contributed by atoms with E-state index >= 15 is 0 Å². The Kier molecular flexibility index (Phi) is 16.5. The maximum absolute atomic E-state index is 3.48. The van der Waals surface area contributed by atoms with Gasteiger partial charge < -0.3 is 0 Å². The van der Waals surface area contributed by atoms with E-state index in [1.54, 1.807) is 0 Å². The summed E-state index contributed by atoms with van der Waals surface area (Å²) in [5.74, 6) is 2.31. The molecule has 0 saturated carbocycles. The molecular weight excluding hydrogens is 340 g/mol. The SMILES string of the molecule is CCCCCCCCCCCC[n+]1cc[nH]c1CCCCCCCCC(C)C. The molecule has 1 N–H and O–H groups in total. The van der Waals surface area contributed by atoms with Crippen molar-refractivity contribution in [3.63, 3.8) is 0 Å². The van der Waals surface area contributed by atoms with Crippen LogP contribution in [0.3, 0.4) is 0 Å². The Morgan fingerprint density at radius 1 is 0.714 bits per heavy atom. The lowest BCUT2D eigenvalue weighted by molar-refractivity contribution is -0.703. The summed E-state index contributed by atoms with van der Waals surface area (Å²) in [7, 11) is 0. The van der Waals surface area contributed by atoms with Gasteiger partial charge in [-0.25, -0.2) is 9.55 Å². The van der Waals surface area contributed by atoms with E-state index in [4.69, 9.17) is 0 Å². The summed E-state index contributed by atoms with van der Waals surface area (Å²) in [6, 6.07) is 0. The second-order valence-electron chi connectivity index (χ2n) is 9.34. The number of unbranched alkanes of at least 4 members (excludes halogenated alkanes) is 14. The first kappa shape index (κ1) is 25.2. The van der Waals surface area contributed by atoms with Gasteiger partial charge in [0.05, 0.1) is 6.54 Å². The number of hydrogen-bond donors (Lipinski definition) is 1. The van der Waals surface area contributed by atoms with Gasteiger partial charge in [0, 0.05) is 6.42 Å². The Balaban J connectivity index is 1.96. The summed E-state index contributed by atoms with van der Waals surface area (Å²) in [5, 5.41) is 0. The highest BCUT2D eigenvalue weighted by Gasteiger charge is 2.09. The molecule has 0 saturated heterocycles. The predicted molar refractivity (Wildman–Crippen MR) is 124 cm³/mol. The fourth-order valence-electron chi connectivity index (χ4n) is 4.14. The molecular formula is C26H51N2+. The molecule has 1 heterocycles. The number of hydrogen-bond acceptors (Lipinski definition) is 0. The van der Waals surface area contributed by atoms with Crippen molar-refractivity contribution in [2.75, 3.05) is 0 Å². The summed E-state index contributed by atoms with van der Waals surface area (Å²) in [6.07, 6.45) is 29.6. The summed E-state index contributed by atoms with van der Waals surface area (Å²) < 4.78 is 2.47. The Labute approximate surface area is 176 Å². The van der Waals surface area contributed by atoms with E-state index in [0.29, 0.717) is 0 Å². The maximum Gasteiger partial charge on any atom is 0.254 e. The van der Waals surface area contributed by atoms with E-state index in [1.807, 2.05) is 0 Å². The van der Waals surface area contributed by atoms with Gasteiger partial charge in [-0.2, -0.15) is 0 Å². The van der Waals surface area contributed by atoms with Crippen LogP contribution in [0.4, 0.5) is 0 Å². The third kappa shape index (κ3) is 14.2. The van der Waals surface area contributed by atoms with Crippen molar-refractivity contribution >= 4 is 0 Å². The van der Waals surface area contributed by atoms with Crippen LogP contribution in [0.15, 0.2) is 12.4 Å². The summed E-state index contributed by atoms with van der Waals surface area (Å²) >= 11 is 0. The molecule has 0 aromatic carbocycles. The van der Waals surface area contributed by atoms with E-state index in [1.165, 1.54) is 128 Å². The van der Waals surface area contributed by atoms with Gasteiger partial charge in [-0.1, -0.05) is 111 Å². The predicted octanol–water partition coefficient (Wildman–Crippen LogP) is 8.15. The van der Waals surface area contributed by atoms with Gasteiger partial charge in [-0.15, -0.1) is 0 Å². The average Bonchev–Trinajstić information content (AvgIpc) is 3.12. The third-order valence-electron chi connectivity index (χ3n) is 6.05. The Hall–Kier alpha value is -0.790. The number of H-pyrrole nitrogens is 1. The number of aromatic amines is 1. The first-order valence-corrected chi connectivity index (χ1v) is 12.8. The molecule has 2 heteroatoms. The minimum absolute atomic E-state index is 0.874.